The highest BCUT2D eigenvalue weighted by molar-refractivity contribution is 7.09. The van der Waals surface area contributed by atoms with E-state index in [1.54, 1.807) is 17.4 Å². The Morgan fingerprint density at radius 3 is 2.74 bits per heavy atom. The van der Waals surface area contributed by atoms with E-state index in [1.165, 1.54) is 19.1 Å². The Morgan fingerprint density at radius 1 is 1.37 bits per heavy atom. The molecule has 27 heavy (non-hydrogen) atoms. The maximum atomic E-state index is 12.6. The quantitative estimate of drug-likeness (QED) is 0.700. The maximum absolute atomic E-state index is 12.6. The lowest BCUT2D eigenvalue weighted by Gasteiger charge is -2.24. The van der Waals surface area contributed by atoms with Gasteiger partial charge in [0.2, 0.25) is 23.6 Å². The number of amides is 1. The van der Waals surface area contributed by atoms with Crippen molar-refractivity contribution in [1.82, 2.24) is 14.9 Å². The molecule has 0 radical (unpaired) electrons. The molecule has 1 fully saturated rings. The molecule has 1 aliphatic heterocycles. The van der Waals surface area contributed by atoms with E-state index >= 15 is 0 Å². The Morgan fingerprint density at radius 2 is 2.15 bits per heavy atom. The third kappa shape index (κ3) is 5.88. The molecule has 0 spiro atoms. The lowest BCUT2D eigenvalue weighted by atomic mass is 10.2. The predicted octanol–water partition coefficient (Wildman–Crippen LogP) is 2.17. The zero-order chi connectivity index (χ0) is 19.1. The van der Waals surface area contributed by atoms with Crippen LogP contribution < -0.4 is 14.8 Å². The molecule has 0 bridgehead atoms. The zero-order valence-electron chi connectivity index (χ0n) is 15.5. The van der Waals surface area contributed by atoms with Crippen LogP contribution in [0.2, 0.25) is 0 Å². The summed E-state index contributed by atoms with van der Waals surface area (Å²) in [5.74, 6) is 0.614. The first-order chi connectivity index (χ1) is 13.2. The van der Waals surface area contributed by atoms with E-state index in [1.807, 2.05) is 11.4 Å². The first-order valence-electron chi connectivity index (χ1n) is 8.79. The molecular weight excluding hydrogens is 368 g/mol. The van der Waals surface area contributed by atoms with Crippen LogP contribution in [0.4, 0.5) is 5.95 Å². The molecule has 146 valence electrons. The van der Waals surface area contributed by atoms with Crippen LogP contribution in [0.25, 0.3) is 0 Å². The lowest BCUT2D eigenvalue weighted by molar-refractivity contribution is -0.117. The largest absolute Gasteiger partial charge is 0.481 e. The molecule has 1 N–H and O–H groups in total. The molecule has 1 atom stereocenters. The minimum Gasteiger partial charge on any atom is -0.481 e. The molecule has 1 amide bonds. The zero-order valence-corrected chi connectivity index (χ0v) is 16.3. The van der Waals surface area contributed by atoms with E-state index in [4.69, 9.17) is 14.2 Å². The number of ether oxygens (including phenoxy) is 3. The molecule has 0 aromatic carbocycles. The van der Waals surface area contributed by atoms with E-state index in [0.29, 0.717) is 24.8 Å². The van der Waals surface area contributed by atoms with Crippen LogP contribution >= 0.6 is 11.3 Å². The summed E-state index contributed by atoms with van der Waals surface area (Å²) in [5, 5.41) is 4.76. The third-order valence-electron chi connectivity index (χ3n) is 4.16. The number of methoxy groups -OCH3 is 2. The molecule has 3 rings (SSSR count). The van der Waals surface area contributed by atoms with Gasteiger partial charge in [0.25, 0.3) is 0 Å². The first-order valence-corrected chi connectivity index (χ1v) is 9.67. The second-order valence-electron chi connectivity index (χ2n) is 6.21. The van der Waals surface area contributed by atoms with Gasteiger partial charge in [0, 0.05) is 24.6 Å². The number of thiophene rings is 1. The molecule has 1 aliphatic rings. The van der Waals surface area contributed by atoms with Gasteiger partial charge in [-0.2, -0.15) is 9.97 Å². The van der Waals surface area contributed by atoms with Gasteiger partial charge in [0.15, 0.2) is 0 Å². The van der Waals surface area contributed by atoms with E-state index < -0.39 is 0 Å². The molecule has 0 aliphatic carbocycles. The van der Waals surface area contributed by atoms with Gasteiger partial charge in [-0.1, -0.05) is 6.07 Å². The van der Waals surface area contributed by atoms with Gasteiger partial charge in [0.05, 0.1) is 32.9 Å². The van der Waals surface area contributed by atoms with Gasteiger partial charge in [-0.15, -0.1) is 11.3 Å². The van der Waals surface area contributed by atoms with Crippen LogP contribution in [-0.2, 0) is 16.1 Å². The summed E-state index contributed by atoms with van der Waals surface area (Å²) in [6.45, 7) is 2.43. The lowest BCUT2D eigenvalue weighted by Crippen LogP contribution is -2.38. The summed E-state index contributed by atoms with van der Waals surface area (Å²) < 4.78 is 16.0. The normalized spacial score (nSPS) is 16.5. The summed E-state index contributed by atoms with van der Waals surface area (Å²) in [5.41, 5.74) is 0. The van der Waals surface area contributed by atoms with Crippen molar-refractivity contribution >= 4 is 23.2 Å². The standard InChI is InChI=1S/C18H24N4O4S/c1-24-16-9-17(25-2)21-18(20-16)19-15(23)12-22(10-13-5-3-7-26-13)11-14-6-4-8-27-14/h4,6,8-9,13H,3,5,7,10-12H2,1-2H3,(H,19,20,21,23). The van der Waals surface area contributed by atoms with Gasteiger partial charge < -0.3 is 14.2 Å². The van der Waals surface area contributed by atoms with Gasteiger partial charge in [-0.3, -0.25) is 15.0 Å². The van der Waals surface area contributed by atoms with Crippen molar-refractivity contribution in [3.8, 4) is 11.8 Å². The average molecular weight is 392 g/mol. The molecular formula is C18H24N4O4S. The van der Waals surface area contributed by atoms with E-state index in [2.05, 4.69) is 26.3 Å². The summed E-state index contributed by atoms with van der Waals surface area (Å²) >= 11 is 1.68. The summed E-state index contributed by atoms with van der Waals surface area (Å²) in [6.07, 6.45) is 2.27. The summed E-state index contributed by atoms with van der Waals surface area (Å²) in [4.78, 5) is 24.2. The number of nitrogens with zero attached hydrogens (tertiary/aromatic N) is 3. The average Bonchev–Trinajstić information content (AvgIpc) is 3.35. The highest BCUT2D eigenvalue weighted by Gasteiger charge is 2.22. The van der Waals surface area contributed by atoms with Gasteiger partial charge in [-0.05, 0) is 24.3 Å². The van der Waals surface area contributed by atoms with E-state index in [-0.39, 0.29) is 24.5 Å². The smallest absolute Gasteiger partial charge is 0.240 e. The highest BCUT2D eigenvalue weighted by Crippen LogP contribution is 2.19. The number of hydrogen-bond donors (Lipinski definition) is 1. The number of rotatable bonds is 9. The summed E-state index contributed by atoms with van der Waals surface area (Å²) in [6, 6.07) is 5.64. The number of aromatic nitrogens is 2. The Kier molecular flexibility index (Phi) is 6.97. The van der Waals surface area contributed by atoms with E-state index in [9.17, 15) is 4.79 Å². The molecule has 1 unspecified atom stereocenters. The molecule has 2 aromatic rings. The summed E-state index contributed by atoms with van der Waals surface area (Å²) in [7, 11) is 3.00. The number of anilines is 1. The fraction of sp³-hybridized carbons (Fsp3) is 0.500. The van der Waals surface area contributed by atoms with Crippen LogP contribution in [0.15, 0.2) is 23.6 Å². The van der Waals surface area contributed by atoms with Crippen molar-refractivity contribution in [3.63, 3.8) is 0 Å². The van der Waals surface area contributed by atoms with Gasteiger partial charge >= 0.3 is 0 Å². The second kappa shape index (κ2) is 9.63. The molecule has 8 nitrogen and oxygen atoms in total. The monoisotopic (exact) mass is 392 g/mol. The third-order valence-corrected chi connectivity index (χ3v) is 5.02. The number of carbonyl (C=O) groups excluding carboxylic acids is 1. The molecule has 9 heteroatoms. The van der Waals surface area contributed by atoms with Gasteiger partial charge in [0.1, 0.15) is 0 Å². The maximum Gasteiger partial charge on any atom is 0.240 e. The fourth-order valence-corrected chi connectivity index (χ4v) is 3.67. The van der Waals surface area contributed by atoms with Crippen molar-refractivity contribution in [2.24, 2.45) is 0 Å². The number of nitrogens with one attached hydrogen (secondary N) is 1. The Balaban J connectivity index is 1.64. The second-order valence-corrected chi connectivity index (χ2v) is 7.24. The van der Waals surface area contributed by atoms with Crippen LogP contribution in [0.3, 0.4) is 0 Å². The van der Waals surface area contributed by atoms with Crippen molar-refractivity contribution in [2.45, 2.75) is 25.5 Å². The van der Waals surface area contributed by atoms with Crippen LogP contribution in [0.1, 0.15) is 17.7 Å². The Hall–Kier alpha value is -2.23. The minimum absolute atomic E-state index is 0.157. The SMILES string of the molecule is COc1cc(OC)nc(NC(=O)CN(Cc2cccs2)CC2CCCO2)n1. The molecule has 2 aromatic heterocycles. The van der Waals surface area contributed by atoms with Crippen molar-refractivity contribution in [3.05, 3.63) is 28.5 Å². The van der Waals surface area contributed by atoms with E-state index in [0.717, 1.165) is 19.4 Å². The topological polar surface area (TPSA) is 85.8 Å². The highest BCUT2D eigenvalue weighted by atomic mass is 32.1. The predicted molar refractivity (Wildman–Crippen MR) is 102 cm³/mol. The van der Waals surface area contributed by atoms with Crippen molar-refractivity contribution in [1.29, 1.82) is 0 Å². The number of hydrogen-bond acceptors (Lipinski definition) is 8. The number of carbonyl (C=O) groups is 1. The first kappa shape index (κ1) is 19.5. The molecule has 3 heterocycles. The van der Waals surface area contributed by atoms with Crippen LogP contribution in [-0.4, -0.2) is 60.8 Å². The van der Waals surface area contributed by atoms with Crippen LogP contribution in [0, 0.1) is 0 Å². The van der Waals surface area contributed by atoms with Crippen molar-refractivity contribution in [2.75, 3.05) is 39.2 Å². The molecule has 0 saturated carbocycles. The Bertz CT molecular complexity index is 713. The minimum atomic E-state index is -0.195. The Labute approximate surface area is 162 Å². The molecule has 1 saturated heterocycles. The van der Waals surface area contributed by atoms with Gasteiger partial charge in [-0.25, -0.2) is 0 Å². The van der Waals surface area contributed by atoms with Crippen LogP contribution in [0.5, 0.6) is 11.8 Å². The fourth-order valence-electron chi connectivity index (χ4n) is 2.92. The van der Waals surface area contributed by atoms with Crippen molar-refractivity contribution < 1.29 is 19.0 Å².